The van der Waals surface area contributed by atoms with Crippen LogP contribution >= 0.6 is 22.7 Å². The summed E-state index contributed by atoms with van der Waals surface area (Å²) >= 11 is 4.07. The van der Waals surface area contributed by atoms with Crippen LogP contribution in [0.25, 0.3) is 52.2 Å². The number of thiophene rings is 2. The summed E-state index contributed by atoms with van der Waals surface area (Å²) in [5.41, 5.74) is 24.9. The van der Waals surface area contributed by atoms with E-state index < -0.39 is 0 Å². The topological polar surface area (TPSA) is 15.3 Å². The van der Waals surface area contributed by atoms with E-state index in [1.54, 1.807) is 11.1 Å². The quantitative estimate of drug-likeness (QED) is 0.177. The van der Waals surface area contributed by atoms with Gasteiger partial charge in [-0.3, -0.25) is 0 Å². The minimum Gasteiger partial charge on any atom is -0.355 e. The molecule has 0 amide bonds. The first kappa shape index (κ1) is 52.7. The number of nitrogens with one attached hydrogen (secondary N) is 1. The monoisotopic (exact) mass is 1090 g/mol. The molecule has 0 atom stereocenters. The van der Waals surface area contributed by atoms with Crippen LogP contribution in [0.1, 0.15) is 212 Å². The second-order valence-corrected chi connectivity index (χ2v) is 33.3. The van der Waals surface area contributed by atoms with E-state index in [0.29, 0.717) is 0 Å². The Bertz CT molecular complexity index is 4160. The molecule has 4 aliphatic carbocycles. The van der Waals surface area contributed by atoms with E-state index in [9.17, 15) is 0 Å². The van der Waals surface area contributed by atoms with Gasteiger partial charge in [-0.05, 0) is 234 Å². The molecule has 14 rings (SSSR count). The van der Waals surface area contributed by atoms with E-state index in [1.165, 1.54) is 181 Å². The third kappa shape index (κ3) is 7.73. The van der Waals surface area contributed by atoms with Crippen molar-refractivity contribution in [3.8, 4) is 11.1 Å². The van der Waals surface area contributed by atoms with Crippen LogP contribution in [0.5, 0.6) is 0 Å². The second-order valence-electron chi connectivity index (χ2n) is 31.3. The van der Waals surface area contributed by atoms with Gasteiger partial charge in [0.05, 0.1) is 10.7 Å². The van der Waals surface area contributed by atoms with Crippen molar-refractivity contribution in [2.24, 2.45) is 0 Å². The largest absolute Gasteiger partial charge is 0.355 e. The molecule has 0 bridgehead atoms. The molecule has 5 heteroatoms. The number of anilines is 5. The highest BCUT2D eigenvalue weighted by atomic mass is 32.1. The van der Waals surface area contributed by atoms with E-state index in [2.05, 4.69) is 225 Å². The summed E-state index contributed by atoms with van der Waals surface area (Å²) in [5, 5.41) is 12.4. The molecule has 5 aliphatic rings. The summed E-state index contributed by atoms with van der Waals surface area (Å²) in [7, 11) is 0.853. The highest BCUT2D eigenvalue weighted by Crippen LogP contribution is 2.57. The Balaban J connectivity index is 1.10. The zero-order valence-electron chi connectivity index (χ0n) is 51.4. The number of hydrogen-bond acceptors (Lipinski definition) is 4. The Morgan fingerprint density at radius 2 is 0.912 bits per heavy atom. The van der Waals surface area contributed by atoms with Crippen molar-refractivity contribution in [1.29, 1.82) is 0 Å². The second kappa shape index (κ2) is 16.9. The Morgan fingerprint density at radius 1 is 0.425 bits per heavy atom. The van der Waals surface area contributed by atoms with Crippen LogP contribution in [0.15, 0.2) is 97.1 Å². The fourth-order valence-electron chi connectivity index (χ4n) is 16.1. The number of aryl methyl sites for hydroxylation is 1. The van der Waals surface area contributed by atoms with Gasteiger partial charge in [0.15, 0.2) is 0 Å². The van der Waals surface area contributed by atoms with E-state index in [4.69, 9.17) is 0 Å². The van der Waals surface area contributed by atoms with Gasteiger partial charge < -0.3 is 10.2 Å². The lowest BCUT2D eigenvalue weighted by molar-refractivity contribution is 0.332. The summed E-state index contributed by atoms with van der Waals surface area (Å²) in [6.45, 7) is 42.1. The molecule has 3 heterocycles. The zero-order chi connectivity index (χ0) is 56.4. The predicted octanol–water partition coefficient (Wildman–Crippen LogP) is 20.7. The Labute approximate surface area is 487 Å². The molecule has 9 aromatic rings. The minimum atomic E-state index is 0.0533. The molecule has 0 saturated heterocycles. The maximum Gasteiger partial charge on any atom is 0.200 e. The van der Waals surface area contributed by atoms with Gasteiger partial charge in [-0.15, -0.1) is 22.7 Å². The molecule has 0 fully saturated rings. The van der Waals surface area contributed by atoms with Crippen molar-refractivity contribution in [1.82, 2.24) is 0 Å². The van der Waals surface area contributed by atoms with Crippen molar-refractivity contribution in [3.05, 3.63) is 147 Å². The van der Waals surface area contributed by atoms with Gasteiger partial charge in [-0.25, -0.2) is 0 Å². The van der Waals surface area contributed by atoms with Crippen molar-refractivity contribution in [2.45, 2.75) is 212 Å². The van der Waals surface area contributed by atoms with Crippen LogP contribution in [0, 0.1) is 6.92 Å². The van der Waals surface area contributed by atoms with E-state index in [-0.39, 0.29) is 43.3 Å². The van der Waals surface area contributed by atoms with Crippen molar-refractivity contribution in [3.63, 3.8) is 0 Å². The maximum absolute atomic E-state index is 4.25. The lowest BCUT2D eigenvalue weighted by atomic mass is 9.57. The molecular formula is C75H85BN2S2. The van der Waals surface area contributed by atoms with Gasteiger partial charge in [0.1, 0.15) is 0 Å². The van der Waals surface area contributed by atoms with Crippen LogP contribution in [0.4, 0.5) is 27.8 Å². The molecule has 7 aromatic carbocycles. The molecular weight excluding hydrogens is 1000 g/mol. The summed E-state index contributed by atoms with van der Waals surface area (Å²) < 4.78 is 4.19. The van der Waals surface area contributed by atoms with Gasteiger partial charge in [0, 0.05) is 52.9 Å². The molecule has 1 aliphatic heterocycles. The summed E-state index contributed by atoms with van der Waals surface area (Å²) in [4.78, 5) is 2.80. The third-order valence-electron chi connectivity index (χ3n) is 22.1. The molecule has 0 unspecified atom stereocenters. The number of fused-ring (bicyclic) bond motifs is 13. The smallest absolute Gasteiger partial charge is 0.200 e. The van der Waals surface area contributed by atoms with Gasteiger partial charge in [-0.2, -0.15) is 0 Å². The van der Waals surface area contributed by atoms with Crippen molar-refractivity contribution >= 4 is 110 Å². The molecule has 1 N–H and O–H groups in total. The standard InChI is InChI=1S/C75H85BN2S2/c1-42-34-51-55(73(12,13)31-28-69(51,4)5)39-59(42)78-65-45-21-19-18-20-43(45)35-49(63(65)76-64-48-38-54-57(41-61(48)80-67(64)78)75(16,17)33-30-72(54,10)11)62-58(77-44-22-24-50-52(36-44)70(6,7)27-26-68(50,2)3)25-23-46-47-37-53-56(40-60(47)79-66(46)62)74(14,15)32-29-71(53,8)9/h18-25,34-41,76-77H,26-33H2,1-17H3. The first-order chi connectivity index (χ1) is 37.5. The highest BCUT2D eigenvalue weighted by Gasteiger charge is 2.44. The molecule has 0 saturated carbocycles. The lowest BCUT2D eigenvalue weighted by Crippen LogP contribution is -2.41. The molecule has 2 nitrogen and oxygen atoms in total. The first-order valence-corrected chi connectivity index (χ1v) is 32.2. The van der Waals surface area contributed by atoms with Gasteiger partial charge in [0.25, 0.3) is 0 Å². The predicted molar refractivity (Wildman–Crippen MR) is 354 cm³/mol. The Morgan fingerprint density at radius 3 is 1.50 bits per heavy atom. The van der Waals surface area contributed by atoms with Gasteiger partial charge >= 0.3 is 0 Å². The lowest BCUT2D eigenvalue weighted by Gasteiger charge is -2.43. The fraction of sp³-hybridized carbons (Fsp3) is 0.440. The van der Waals surface area contributed by atoms with Crippen LogP contribution in [-0.4, -0.2) is 7.28 Å². The molecule has 80 heavy (non-hydrogen) atoms. The Hall–Kier alpha value is -5.36. The maximum atomic E-state index is 4.25. The number of benzene rings is 7. The van der Waals surface area contributed by atoms with Gasteiger partial charge in [0.2, 0.25) is 7.28 Å². The summed E-state index contributed by atoms with van der Waals surface area (Å²) in [5.74, 6) is 0. The molecule has 410 valence electrons. The number of nitrogens with zero attached hydrogens (tertiary/aromatic N) is 1. The normalized spacial score (nSPS) is 21.0. The summed E-state index contributed by atoms with van der Waals surface area (Å²) in [6.07, 6.45) is 9.56. The van der Waals surface area contributed by atoms with Crippen LogP contribution in [0.2, 0.25) is 0 Å². The number of hydrogen-bond donors (Lipinski definition) is 1. The Kier molecular flexibility index (Phi) is 11.1. The zero-order valence-corrected chi connectivity index (χ0v) is 53.0. The summed E-state index contributed by atoms with van der Waals surface area (Å²) in [6, 6.07) is 40.1. The fourth-order valence-corrected chi connectivity index (χ4v) is 18.7. The average molecular weight is 1090 g/mol. The highest BCUT2D eigenvalue weighted by molar-refractivity contribution is 7.26. The molecule has 0 radical (unpaired) electrons. The minimum absolute atomic E-state index is 0.0533. The first-order valence-electron chi connectivity index (χ1n) is 30.5. The third-order valence-corrected chi connectivity index (χ3v) is 24.4. The average Bonchev–Trinajstić information content (AvgIpc) is 2.47. The SMILES string of the molecule is Cc1cc2c(cc1N1c3sc4cc5c(cc4c3Bc3c(-c4c(Nc6ccc7c(c6)C(C)(C)CCC7(C)C)ccc6c4sc4cc7c(cc46)C(C)(C)CCC7(C)C)cc4ccccc4c31)C(C)(C)CCC5(C)C)C(C)(C)CCC2(C)C. The molecule has 0 spiro atoms. The van der Waals surface area contributed by atoms with Crippen LogP contribution in [-0.2, 0) is 43.3 Å². The van der Waals surface area contributed by atoms with E-state index in [1.807, 2.05) is 22.7 Å². The van der Waals surface area contributed by atoms with Crippen LogP contribution in [0.3, 0.4) is 0 Å². The number of rotatable bonds is 4. The van der Waals surface area contributed by atoms with E-state index >= 15 is 0 Å². The van der Waals surface area contributed by atoms with Gasteiger partial charge in [-0.1, -0.05) is 153 Å². The van der Waals surface area contributed by atoms with Crippen LogP contribution < -0.4 is 21.1 Å². The van der Waals surface area contributed by atoms with E-state index in [0.717, 1.165) is 7.28 Å². The van der Waals surface area contributed by atoms with Crippen molar-refractivity contribution < 1.29 is 0 Å². The molecule has 2 aromatic heterocycles. The van der Waals surface area contributed by atoms with Crippen molar-refractivity contribution in [2.75, 3.05) is 10.2 Å².